The van der Waals surface area contributed by atoms with Gasteiger partial charge in [0.15, 0.2) is 0 Å². The van der Waals surface area contributed by atoms with Crippen LogP contribution >= 0.6 is 11.6 Å². The number of hydrogen-bond donors (Lipinski definition) is 1. The van der Waals surface area contributed by atoms with Gasteiger partial charge in [0.2, 0.25) is 0 Å². The van der Waals surface area contributed by atoms with Crippen LogP contribution in [0, 0.1) is 13.8 Å². The molecule has 7 nitrogen and oxygen atoms in total. The molecule has 1 N–H and O–H groups in total. The molecule has 0 bridgehead atoms. The molecule has 1 aromatic carbocycles. The number of aryl methyl sites for hydroxylation is 1. The molecule has 0 spiro atoms. The summed E-state index contributed by atoms with van der Waals surface area (Å²) >= 11 is 6.24. The van der Waals surface area contributed by atoms with Gasteiger partial charge in [0, 0.05) is 35.7 Å². The topological polar surface area (TPSA) is 75.9 Å². The number of hydrogen-bond acceptors (Lipinski definition) is 4. The highest BCUT2D eigenvalue weighted by molar-refractivity contribution is 6.35. The molecule has 0 atom stereocenters. The van der Waals surface area contributed by atoms with Gasteiger partial charge in [-0.15, -0.1) is 0 Å². The van der Waals surface area contributed by atoms with Gasteiger partial charge in [-0.3, -0.25) is 9.59 Å². The van der Waals surface area contributed by atoms with Gasteiger partial charge in [-0.1, -0.05) is 11.6 Å². The molecular formula is C20H25ClN4O3. The third kappa shape index (κ3) is 4.54. The highest BCUT2D eigenvalue weighted by Gasteiger charge is 2.18. The van der Waals surface area contributed by atoms with Crippen LogP contribution in [0.2, 0.25) is 5.02 Å². The average Bonchev–Trinajstić information content (AvgIpc) is 2.95. The van der Waals surface area contributed by atoms with Crippen LogP contribution in [0.3, 0.4) is 0 Å². The van der Waals surface area contributed by atoms with E-state index in [-0.39, 0.29) is 0 Å². The van der Waals surface area contributed by atoms with Gasteiger partial charge in [0.05, 0.1) is 18.3 Å². The zero-order valence-corrected chi connectivity index (χ0v) is 17.5. The SMILES string of the molecule is CCN(CC)C(=O)C(=O)NN=Cc1cc(C)n(-c2ccc(OC)c(Cl)c2)c1C. The fourth-order valence-corrected chi connectivity index (χ4v) is 3.22. The van der Waals surface area contributed by atoms with Crippen molar-refractivity contribution >= 4 is 29.6 Å². The molecule has 28 heavy (non-hydrogen) atoms. The van der Waals surface area contributed by atoms with Crippen LogP contribution in [0.25, 0.3) is 5.69 Å². The van der Waals surface area contributed by atoms with Crippen molar-refractivity contribution in [3.05, 3.63) is 46.2 Å². The molecule has 0 fully saturated rings. The number of carbonyl (C=O) groups is 2. The van der Waals surface area contributed by atoms with E-state index in [1.165, 1.54) is 11.1 Å². The Morgan fingerprint density at radius 3 is 2.50 bits per heavy atom. The standard InChI is InChI=1S/C20H25ClN4O3/c1-6-24(7-2)20(27)19(26)23-22-12-15-10-13(3)25(14(15)4)16-8-9-18(28-5)17(21)11-16/h8-12H,6-7H2,1-5H3,(H,23,26). The molecule has 0 unspecified atom stereocenters. The first-order valence-corrected chi connectivity index (χ1v) is 9.36. The number of likely N-dealkylation sites (N-methyl/N-ethyl adjacent to an activating group) is 1. The molecule has 0 aliphatic carbocycles. The van der Waals surface area contributed by atoms with Crippen LogP contribution in [-0.2, 0) is 9.59 Å². The Kier molecular flexibility index (Phi) is 7.23. The minimum atomic E-state index is -0.754. The van der Waals surface area contributed by atoms with Crippen LogP contribution in [-0.4, -0.2) is 47.7 Å². The van der Waals surface area contributed by atoms with E-state index < -0.39 is 11.8 Å². The van der Waals surface area contributed by atoms with Crippen LogP contribution in [0.1, 0.15) is 30.8 Å². The summed E-state index contributed by atoms with van der Waals surface area (Å²) in [5.41, 5.74) is 5.90. The first-order valence-electron chi connectivity index (χ1n) is 8.99. The zero-order chi connectivity index (χ0) is 20.8. The Labute approximate surface area is 169 Å². The number of nitrogens with one attached hydrogen (secondary N) is 1. The van der Waals surface area contributed by atoms with Crippen molar-refractivity contribution in [3.63, 3.8) is 0 Å². The number of ether oxygens (including phenoxy) is 1. The van der Waals surface area contributed by atoms with Crippen LogP contribution in [0.5, 0.6) is 5.75 Å². The van der Waals surface area contributed by atoms with Crippen molar-refractivity contribution in [2.45, 2.75) is 27.7 Å². The molecule has 1 aromatic heterocycles. The third-order valence-electron chi connectivity index (χ3n) is 4.48. The maximum atomic E-state index is 12.0. The van der Waals surface area contributed by atoms with Gasteiger partial charge in [-0.05, 0) is 52.0 Å². The molecular weight excluding hydrogens is 380 g/mol. The molecule has 2 aromatic rings. The van der Waals surface area contributed by atoms with Crippen LogP contribution in [0.15, 0.2) is 29.4 Å². The minimum absolute atomic E-state index is 0.470. The molecule has 2 rings (SSSR count). The summed E-state index contributed by atoms with van der Waals surface area (Å²) in [4.78, 5) is 25.3. The number of nitrogens with zero attached hydrogens (tertiary/aromatic N) is 3. The second kappa shape index (κ2) is 9.41. The summed E-state index contributed by atoms with van der Waals surface area (Å²) in [5.74, 6) is -0.744. The van der Waals surface area contributed by atoms with Gasteiger partial charge < -0.3 is 14.2 Å². The number of benzene rings is 1. The summed E-state index contributed by atoms with van der Waals surface area (Å²) in [7, 11) is 1.57. The number of aromatic nitrogens is 1. The maximum Gasteiger partial charge on any atom is 0.329 e. The van der Waals surface area contributed by atoms with E-state index in [1.807, 2.05) is 56.5 Å². The Bertz CT molecular complexity index is 901. The maximum absolute atomic E-state index is 12.0. The zero-order valence-electron chi connectivity index (χ0n) is 16.7. The second-order valence-electron chi connectivity index (χ2n) is 6.16. The Morgan fingerprint density at radius 1 is 1.25 bits per heavy atom. The van der Waals surface area contributed by atoms with E-state index in [1.54, 1.807) is 7.11 Å². The van der Waals surface area contributed by atoms with Gasteiger partial charge in [-0.25, -0.2) is 5.43 Å². The Morgan fingerprint density at radius 2 is 1.93 bits per heavy atom. The first kappa shape index (κ1) is 21.5. The first-order chi connectivity index (χ1) is 13.3. The van der Waals surface area contributed by atoms with Gasteiger partial charge in [0.1, 0.15) is 5.75 Å². The summed E-state index contributed by atoms with van der Waals surface area (Å²) in [6.07, 6.45) is 1.53. The highest BCUT2D eigenvalue weighted by Crippen LogP contribution is 2.28. The fraction of sp³-hybridized carbons (Fsp3) is 0.350. The highest BCUT2D eigenvalue weighted by atomic mass is 35.5. The third-order valence-corrected chi connectivity index (χ3v) is 4.77. The van der Waals surface area contributed by atoms with E-state index in [0.29, 0.717) is 23.9 Å². The summed E-state index contributed by atoms with van der Waals surface area (Å²) in [6, 6.07) is 7.49. The number of halogens is 1. The second-order valence-corrected chi connectivity index (χ2v) is 6.56. The lowest BCUT2D eigenvalue weighted by Crippen LogP contribution is -2.41. The fourth-order valence-electron chi connectivity index (χ4n) is 2.97. The normalized spacial score (nSPS) is 10.9. The predicted octanol–water partition coefficient (Wildman–Crippen LogP) is 3.07. The number of hydrazone groups is 1. The minimum Gasteiger partial charge on any atom is -0.495 e. The van der Waals surface area contributed by atoms with Gasteiger partial charge in [0.25, 0.3) is 0 Å². The quantitative estimate of drug-likeness (QED) is 0.456. The molecule has 1 heterocycles. The lowest BCUT2D eigenvalue weighted by atomic mass is 10.2. The van der Waals surface area contributed by atoms with Gasteiger partial charge >= 0.3 is 11.8 Å². The monoisotopic (exact) mass is 404 g/mol. The average molecular weight is 405 g/mol. The number of carbonyl (C=O) groups excluding carboxylic acids is 2. The number of amides is 2. The van der Waals surface area contributed by atoms with Crippen molar-refractivity contribution in [3.8, 4) is 11.4 Å². The van der Waals surface area contributed by atoms with E-state index in [9.17, 15) is 9.59 Å². The lowest BCUT2D eigenvalue weighted by Gasteiger charge is -2.16. The molecule has 0 aliphatic rings. The van der Waals surface area contributed by atoms with Crippen molar-refractivity contribution in [2.24, 2.45) is 5.10 Å². The van der Waals surface area contributed by atoms with E-state index in [2.05, 4.69) is 10.5 Å². The molecule has 2 amide bonds. The van der Waals surface area contributed by atoms with Gasteiger partial charge in [-0.2, -0.15) is 5.10 Å². The number of rotatable bonds is 6. The van der Waals surface area contributed by atoms with Crippen molar-refractivity contribution < 1.29 is 14.3 Å². The van der Waals surface area contributed by atoms with E-state index >= 15 is 0 Å². The molecule has 0 saturated carbocycles. The van der Waals surface area contributed by atoms with E-state index in [4.69, 9.17) is 16.3 Å². The van der Waals surface area contributed by atoms with Crippen LogP contribution in [0.4, 0.5) is 0 Å². The molecule has 0 aliphatic heterocycles. The molecule has 0 radical (unpaired) electrons. The van der Waals surface area contributed by atoms with Crippen molar-refractivity contribution in [1.29, 1.82) is 0 Å². The van der Waals surface area contributed by atoms with Crippen molar-refractivity contribution in [1.82, 2.24) is 14.9 Å². The predicted molar refractivity (Wildman–Crippen MR) is 110 cm³/mol. The summed E-state index contributed by atoms with van der Waals surface area (Å²) in [6.45, 7) is 8.48. The molecule has 8 heteroatoms. The summed E-state index contributed by atoms with van der Waals surface area (Å²) in [5, 5.41) is 4.45. The van der Waals surface area contributed by atoms with Crippen molar-refractivity contribution in [2.75, 3.05) is 20.2 Å². The summed E-state index contributed by atoms with van der Waals surface area (Å²) < 4.78 is 7.22. The Hall–Kier alpha value is -2.80. The molecule has 0 saturated heterocycles. The molecule has 150 valence electrons. The number of methoxy groups -OCH3 is 1. The largest absolute Gasteiger partial charge is 0.495 e. The lowest BCUT2D eigenvalue weighted by molar-refractivity contribution is -0.145. The van der Waals surface area contributed by atoms with E-state index in [0.717, 1.165) is 22.6 Å². The Balaban J connectivity index is 2.20. The van der Waals surface area contributed by atoms with Crippen LogP contribution < -0.4 is 10.2 Å². The smallest absolute Gasteiger partial charge is 0.329 e.